The lowest BCUT2D eigenvalue weighted by molar-refractivity contribution is 0.0608. The summed E-state index contributed by atoms with van der Waals surface area (Å²) >= 11 is 0. The largest absolute Gasteiger partial charge is 0.383 e. The van der Waals surface area contributed by atoms with Crippen molar-refractivity contribution >= 4 is 22.6 Å². The quantitative estimate of drug-likeness (QED) is 0.485. The molecule has 174 valence electrons. The van der Waals surface area contributed by atoms with E-state index >= 15 is 0 Å². The number of aryl methyl sites for hydroxylation is 1. The van der Waals surface area contributed by atoms with Crippen LogP contribution in [0.1, 0.15) is 57.5 Å². The molecule has 3 aromatic heterocycles. The summed E-state index contributed by atoms with van der Waals surface area (Å²) in [5.74, 6) is 1.10. The molecule has 6 rings (SSSR count). The summed E-state index contributed by atoms with van der Waals surface area (Å²) in [6.45, 7) is 1.93. The van der Waals surface area contributed by atoms with Crippen LogP contribution < -0.4 is 5.73 Å². The van der Waals surface area contributed by atoms with Crippen molar-refractivity contribution in [3.05, 3.63) is 76.6 Å². The molecule has 35 heavy (non-hydrogen) atoms. The molecule has 1 aromatic carbocycles. The molecule has 2 N–H and O–H groups in total. The van der Waals surface area contributed by atoms with Crippen LogP contribution in [-0.4, -0.2) is 35.5 Å². The molecule has 0 unspecified atom stereocenters. The first-order chi connectivity index (χ1) is 17.1. The second-order valence-corrected chi connectivity index (χ2v) is 8.76. The Bertz CT molecular complexity index is 1490. The van der Waals surface area contributed by atoms with Gasteiger partial charge in [-0.3, -0.25) is 9.78 Å². The molecule has 0 aliphatic carbocycles. The van der Waals surface area contributed by atoms with Crippen molar-refractivity contribution in [2.24, 2.45) is 0 Å². The monoisotopic (exact) mass is 466 g/mol. The summed E-state index contributed by atoms with van der Waals surface area (Å²) in [4.78, 5) is 29.2. The zero-order valence-corrected chi connectivity index (χ0v) is 18.9. The van der Waals surface area contributed by atoms with E-state index in [0.29, 0.717) is 35.9 Å². The van der Waals surface area contributed by atoms with Gasteiger partial charge < -0.3 is 15.4 Å². The number of nitrogen functional groups attached to an aromatic ring is 1. The van der Waals surface area contributed by atoms with Crippen LogP contribution in [0, 0.1) is 11.3 Å². The minimum absolute atomic E-state index is 0.135. The van der Waals surface area contributed by atoms with Gasteiger partial charge in [-0.25, -0.2) is 14.6 Å². The Morgan fingerprint density at radius 3 is 2.94 bits per heavy atom. The second kappa shape index (κ2) is 8.45. The molecule has 2 aliphatic rings. The number of aromatic nitrogens is 5. The third-order valence-corrected chi connectivity index (χ3v) is 6.69. The number of carbonyl (C=O) groups is 1. The Morgan fingerprint density at radius 1 is 1.23 bits per heavy atom. The smallest absolute Gasteiger partial charge is 0.254 e. The van der Waals surface area contributed by atoms with Crippen molar-refractivity contribution in [2.75, 3.05) is 5.73 Å². The van der Waals surface area contributed by atoms with Crippen molar-refractivity contribution in [1.82, 2.24) is 29.6 Å². The molecule has 4 aromatic rings. The van der Waals surface area contributed by atoms with Gasteiger partial charge in [0.15, 0.2) is 0 Å². The number of nitrogens with zero attached hydrogens (tertiary/aromatic N) is 7. The normalized spacial score (nSPS) is 16.5. The van der Waals surface area contributed by atoms with Crippen molar-refractivity contribution in [2.45, 2.75) is 45.2 Å². The molecule has 10 heteroatoms. The van der Waals surface area contributed by atoms with E-state index < -0.39 is 0 Å². The van der Waals surface area contributed by atoms with Crippen LogP contribution in [0.3, 0.4) is 0 Å². The van der Waals surface area contributed by atoms with Crippen LogP contribution in [0.2, 0.25) is 0 Å². The second-order valence-electron chi connectivity index (χ2n) is 8.76. The zero-order valence-electron chi connectivity index (χ0n) is 18.9. The lowest BCUT2D eigenvalue weighted by atomic mass is 10.0. The van der Waals surface area contributed by atoms with Crippen molar-refractivity contribution in [3.63, 3.8) is 0 Å². The van der Waals surface area contributed by atoms with Gasteiger partial charge in [-0.15, -0.1) is 0 Å². The highest BCUT2D eigenvalue weighted by molar-refractivity contribution is 5.99. The summed E-state index contributed by atoms with van der Waals surface area (Å²) in [7, 11) is 0. The van der Waals surface area contributed by atoms with Gasteiger partial charge in [-0.2, -0.15) is 10.4 Å². The number of pyridine rings is 2. The number of benzene rings is 1. The topological polar surface area (TPSA) is 136 Å². The molecule has 1 amide bonds. The maximum atomic E-state index is 14.0. The van der Waals surface area contributed by atoms with E-state index in [1.54, 1.807) is 23.1 Å². The maximum absolute atomic E-state index is 14.0. The van der Waals surface area contributed by atoms with Gasteiger partial charge in [0, 0.05) is 29.3 Å². The van der Waals surface area contributed by atoms with Gasteiger partial charge in [0.05, 0.1) is 42.6 Å². The Labute approximate surface area is 201 Å². The first-order valence-corrected chi connectivity index (χ1v) is 11.4. The van der Waals surface area contributed by atoms with Crippen molar-refractivity contribution in [1.29, 1.82) is 5.26 Å². The molecule has 0 saturated heterocycles. The van der Waals surface area contributed by atoms with Crippen LogP contribution in [0.5, 0.6) is 0 Å². The lowest BCUT2D eigenvalue weighted by Gasteiger charge is -2.33. The number of ether oxygens (including phenoxy) is 1. The van der Waals surface area contributed by atoms with Crippen molar-refractivity contribution in [3.8, 4) is 6.07 Å². The van der Waals surface area contributed by atoms with Gasteiger partial charge in [0.2, 0.25) is 0 Å². The number of hydrogen-bond acceptors (Lipinski definition) is 8. The van der Waals surface area contributed by atoms with Crippen molar-refractivity contribution < 1.29 is 9.53 Å². The van der Waals surface area contributed by atoms with Crippen LogP contribution in [0.4, 0.5) is 5.82 Å². The van der Waals surface area contributed by atoms with E-state index in [9.17, 15) is 4.79 Å². The number of hydrogen-bond donors (Lipinski definition) is 1. The van der Waals surface area contributed by atoms with E-state index in [2.05, 4.69) is 26.1 Å². The van der Waals surface area contributed by atoms with Crippen LogP contribution >= 0.6 is 0 Å². The van der Waals surface area contributed by atoms with E-state index in [4.69, 9.17) is 15.7 Å². The Morgan fingerprint density at radius 2 is 2.11 bits per heavy atom. The molecule has 10 nitrogen and oxygen atoms in total. The highest BCUT2D eigenvalue weighted by Gasteiger charge is 2.33. The van der Waals surface area contributed by atoms with E-state index in [1.165, 1.54) is 12.5 Å². The number of rotatable bonds is 4. The summed E-state index contributed by atoms with van der Waals surface area (Å²) in [6.07, 6.45) is 4.72. The van der Waals surface area contributed by atoms with Crippen LogP contribution in [-0.2, 0) is 31.0 Å². The molecule has 0 fully saturated rings. The summed E-state index contributed by atoms with van der Waals surface area (Å²) in [5, 5.41) is 14.3. The van der Waals surface area contributed by atoms with Gasteiger partial charge in [-0.1, -0.05) is 0 Å². The van der Waals surface area contributed by atoms with E-state index in [-0.39, 0.29) is 18.5 Å². The Hall–Kier alpha value is -4.36. The number of anilines is 1. The Balaban J connectivity index is 1.42. The van der Waals surface area contributed by atoms with Gasteiger partial charge in [-0.05, 0) is 48.7 Å². The van der Waals surface area contributed by atoms with Crippen LogP contribution in [0.25, 0.3) is 10.9 Å². The highest BCUT2D eigenvalue weighted by atomic mass is 16.5. The fourth-order valence-corrected chi connectivity index (χ4v) is 4.91. The summed E-state index contributed by atoms with van der Waals surface area (Å²) < 4.78 is 7.47. The SMILES string of the molecule is N#Cc1ccc(CN(C(=O)c2ccc3nc(N)c4c(c3c2)COC4)[C@H]2CCCn3ncnc32)nc1. The number of carbonyl (C=O) groups excluding carboxylic acids is 1. The molecule has 0 saturated carbocycles. The Kier molecular flexibility index (Phi) is 5.12. The van der Waals surface area contributed by atoms with Gasteiger partial charge in [0.25, 0.3) is 5.91 Å². The highest BCUT2D eigenvalue weighted by Crippen LogP contribution is 2.34. The fraction of sp³-hybridized carbons (Fsp3) is 0.280. The number of amides is 1. The standard InChI is InChI=1S/C25H22N8O2/c26-9-15-3-5-17(28-10-15)11-32(22-2-1-7-33-24(22)29-14-30-33)25(34)16-4-6-21-18(8-16)19-12-35-13-20(19)23(27)31-21/h3-6,8,10,14,22H,1-2,7,11-13H2,(H2,27,31)/t22-/m0/s1. The average Bonchev–Trinajstić information content (AvgIpc) is 3.58. The minimum atomic E-state index is -0.245. The first kappa shape index (κ1) is 21.2. The number of nitrogens with two attached hydrogens (primary N) is 1. The molecule has 0 radical (unpaired) electrons. The van der Waals surface area contributed by atoms with Gasteiger partial charge >= 0.3 is 0 Å². The number of fused-ring (bicyclic) bond motifs is 4. The zero-order chi connectivity index (χ0) is 23.9. The fourth-order valence-electron chi connectivity index (χ4n) is 4.91. The minimum Gasteiger partial charge on any atom is -0.383 e. The maximum Gasteiger partial charge on any atom is 0.254 e. The number of nitriles is 1. The molecule has 1 atom stereocenters. The molecule has 0 spiro atoms. The lowest BCUT2D eigenvalue weighted by Crippen LogP contribution is -2.38. The average molecular weight is 467 g/mol. The molecule has 5 heterocycles. The predicted octanol–water partition coefficient (Wildman–Crippen LogP) is 2.88. The first-order valence-electron chi connectivity index (χ1n) is 11.4. The van der Waals surface area contributed by atoms with Crippen LogP contribution in [0.15, 0.2) is 42.9 Å². The van der Waals surface area contributed by atoms with Gasteiger partial charge in [0.1, 0.15) is 24.0 Å². The molecule has 2 aliphatic heterocycles. The van der Waals surface area contributed by atoms with E-state index in [0.717, 1.165) is 47.2 Å². The van der Waals surface area contributed by atoms with E-state index in [1.807, 2.05) is 16.8 Å². The third-order valence-electron chi connectivity index (χ3n) is 6.69. The summed E-state index contributed by atoms with van der Waals surface area (Å²) in [6, 6.07) is 10.8. The third kappa shape index (κ3) is 3.66. The summed E-state index contributed by atoms with van der Waals surface area (Å²) in [5.41, 5.74) is 10.4. The molecular weight excluding hydrogens is 444 g/mol. The molecular formula is C25H22N8O2. The predicted molar refractivity (Wildman–Crippen MR) is 125 cm³/mol. The molecule has 0 bridgehead atoms.